The molecule has 0 aromatic rings. The maximum atomic E-state index is 5.67. The number of hydrogen-bond acceptors (Lipinski definition) is 2. The van der Waals surface area contributed by atoms with Crippen LogP contribution in [0.25, 0.3) is 0 Å². The minimum absolute atomic E-state index is 0.00164. The van der Waals surface area contributed by atoms with Gasteiger partial charge in [-0.3, -0.25) is 0 Å². The molecule has 0 amide bonds. The van der Waals surface area contributed by atoms with Gasteiger partial charge in [-0.25, -0.2) is 0 Å². The molecule has 0 radical (unpaired) electrons. The van der Waals surface area contributed by atoms with Crippen LogP contribution in [0.15, 0.2) is 0 Å². The summed E-state index contributed by atoms with van der Waals surface area (Å²) in [4.78, 5) is 0. The summed E-state index contributed by atoms with van der Waals surface area (Å²) in [5.74, 6) is 0. The van der Waals surface area contributed by atoms with E-state index in [9.17, 15) is 0 Å². The van der Waals surface area contributed by atoms with Crippen molar-refractivity contribution in [3.8, 4) is 0 Å². The second-order valence-electron chi connectivity index (χ2n) is 3.87. The lowest BCUT2D eigenvalue weighted by Crippen LogP contribution is -2.42. The van der Waals surface area contributed by atoms with Gasteiger partial charge in [-0.05, 0) is 27.2 Å². The van der Waals surface area contributed by atoms with Gasteiger partial charge in [0.05, 0.1) is 11.7 Å². The van der Waals surface area contributed by atoms with Crippen LogP contribution in [0.4, 0.5) is 0 Å². The summed E-state index contributed by atoms with van der Waals surface area (Å²) in [5.41, 5.74) is -0.00164. The highest BCUT2D eigenvalue weighted by molar-refractivity contribution is 4.76. The molecule has 2 atom stereocenters. The lowest BCUT2D eigenvalue weighted by atomic mass is 10.00. The molecule has 1 fully saturated rings. The molecule has 11 heavy (non-hydrogen) atoms. The van der Waals surface area contributed by atoms with Crippen molar-refractivity contribution >= 4 is 0 Å². The third kappa shape index (κ3) is 2.46. The van der Waals surface area contributed by atoms with Gasteiger partial charge in [0.1, 0.15) is 0 Å². The third-order valence-electron chi connectivity index (χ3n) is 1.95. The first-order valence-corrected chi connectivity index (χ1v) is 4.37. The molecule has 0 unspecified atom stereocenters. The first kappa shape index (κ1) is 9.01. The van der Waals surface area contributed by atoms with Gasteiger partial charge in [-0.15, -0.1) is 0 Å². The molecule has 0 spiro atoms. The number of rotatable bonds is 1. The summed E-state index contributed by atoms with van der Waals surface area (Å²) < 4.78 is 11.2. The van der Waals surface area contributed by atoms with Gasteiger partial charge < -0.3 is 9.47 Å². The standard InChI is InChI=1S/C9H18O2/c1-5-8-10-7(2)6-9(3,4)11-8/h7-8H,5-6H2,1-4H3/t7-,8+/m0/s1. The molecule has 0 aromatic heterocycles. The Balaban J connectivity index is 2.51. The SMILES string of the molecule is CC[C@@H]1O[C@@H](C)CC(C)(C)O1. The zero-order chi connectivity index (χ0) is 8.48. The Hall–Kier alpha value is -0.0800. The van der Waals surface area contributed by atoms with Crippen molar-refractivity contribution in [2.24, 2.45) is 0 Å². The van der Waals surface area contributed by atoms with E-state index in [0.717, 1.165) is 12.8 Å². The topological polar surface area (TPSA) is 18.5 Å². The van der Waals surface area contributed by atoms with E-state index in [1.165, 1.54) is 0 Å². The summed E-state index contributed by atoms with van der Waals surface area (Å²) in [6.07, 6.45) is 2.27. The summed E-state index contributed by atoms with van der Waals surface area (Å²) in [6.45, 7) is 8.43. The highest BCUT2D eigenvalue weighted by Crippen LogP contribution is 2.28. The Morgan fingerprint density at radius 3 is 2.55 bits per heavy atom. The van der Waals surface area contributed by atoms with Crippen molar-refractivity contribution in [3.05, 3.63) is 0 Å². The van der Waals surface area contributed by atoms with E-state index in [1.807, 2.05) is 0 Å². The summed E-state index contributed by atoms with van der Waals surface area (Å²) in [7, 11) is 0. The fourth-order valence-electron chi connectivity index (χ4n) is 1.61. The average molecular weight is 158 g/mol. The molecule has 0 bridgehead atoms. The van der Waals surface area contributed by atoms with Crippen LogP contribution in [0, 0.1) is 0 Å². The molecular weight excluding hydrogens is 140 g/mol. The molecule has 1 aliphatic heterocycles. The minimum atomic E-state index is -0.00164. The van der Waals surface area contributed by atoms with Crippen molar-refractivity contribution in [1.29, 1.82) is 0 Å². The quantitative estimate of drug-likeness (QED) is 0.583. The van der Waals surface area contributed by atoms with Crippen molar-refractivity contribution in [2.75, 3.05) is 0 Å². The number of hydrogen-bond donors (Lipinski definition) is 0. The molecule has 1 saturated heterocycles. The summed E-state index contributed by atoms with van der Waals surface area (Å²) >= 11 is 0. The molecule has 0 N–H and O–H groups in total. The van der Waals surface area contributed by atoms with Crippen LogP contribution in [-0.4, -0.2) is 18.0 Å². The minimum Gasteiger partial charge on any atom is -0.350 e. The van der Waals surface area contributed by atoms with Crippen molar-refractivity contribution < 1.29 is 9.47 Å². The van der Waals surface area contributed by atoms with Crippen LogP contribution in [0.1, 0.15) is 40.5 Å². The van der Waals surface area contributed by atoms with Crippen LogP contribution in [0.5, 0.6) is 0 Å². The Morgan fingerprint density at radius 1 is 1.45 bits per heavy atom. The second-order valence-corrected chi connectivity index (χ2v) is 3.87. The lowest BCUT2D eigenvalue weighted by molar-refractivity contribution is -0.268. The predicted molar refractivity (Wildman–Crippen MR) is 44.4 cm³/mol. The van der Waals surface area contributed by atoms with Crippen LogP contribution in [0.3, 0.4) is 0 Å². The zero-order valence-corrected chi connectivity index (χ0v) is 7.89. The lowest BCUT2D eigenvalue weighted by Gasteiger charge is -2.39. The fourth-order valence-corrected chi connectivity index (χ4v) is 1.61. The van der Waals surface area contributed by atoms with Crippen LogP contribution >= 0.6 is 0 Å². The molecule has 2 heteroatoms. The van der Waals surface area contributed by atoms with Crippen LogP contribution in [0.2, 0.25) is 0 Å². The van der Waals surface area contributed by atoms with Gasteiger partial charge in [0, 0.05) is 6.42 Å². The first-order valence-electron chi connectivity index (χ1n) is 4.37. The van der Waals surface area contributed by atoms with Gasteiger partial charge in [0.25, 0.3) is 0 Å². The molecule has 0 aliphatic carbocycles. The maximum Gasteiger partial charge on any atom is 0.158 e. The van der Waals surface area contributed by atoms with Crippen LogP contribution < -0.4 is 0 Å². The van der Waals surface area contributed by atoms with Crippen molar-refractivity contribution in [1.82, 2.24) is 0 Å². The van der Waals surface area contributed by atoms with E-state index in [2.05, 4.69) is 27.7 Å². The van der Waals surface area contributed by atoms with E-state index < -0.39 is 0 Å². The van der Waals surface area contributed by atoms with Crippen molar-refractivity contribution in [3.63, 3.8) is 0 Å². The second kappa shape index (κ2) is 3.11. The Bertz CT molecular complexity index is 132. The highest BCUT2D eigenvalue weighted by Gasteiger charge is 2.32. The molecule has 1 heterocycles. The third-order valence-corrected chi connectivity index (χ3v) is 1.95. The molecular formula is C9H18O2. The van der Waals surface area contributed by atoms with Gasteiger partial charge >= 0.3 is 0 Å². The fraction of sp³-hybridized carbons (Fsp3) is 1.00. The number of ether oxygens (including phenoxy) is 2. The highest BCUT2D eigenvalue weighted by atomic mass is 16.7. The van der Waals surface area contributed by atoms with Gasteiger partial charge in [-0.1, -0.05) is 6.92 Å². The van der Waals surface area contributed by atoms with Gasteiger partial charge in [-0.2, -0.15) is 0 Å². The predicted octanol–water partition coefficient (Wildman–Crippen LogP) is 2.33. The maximum absolute atomic E-state index is 5.67. The van der Waals surface area contributed by atoms with E-state index in [4.69, 9.17) is 9.47 Å². The smallest absolute Gasteiger partial charge is 0.158 e. The Morgan fingerprint density at radius 2 is 2.09 bits per heavy atom. The van der Waals surface area contributed by atoms with Crippen molar-refractivity contribution in [2.45, 2.75) is 58.5 Å². The molecule has 0 saturated carbocycles. The molecule has 1 rings (SSSR count). The summed E-state index contributed by atoms with van der Waals surface area (Å²) in [6, 6.07) is 0. The van der Waals surface area contributed by atoms with Crippen LogP contribution in [-0.2, 0) is 9.47 Å². The molecule has 1 aliphatic rings. The monoisotopic (exact) mass is 158 g/mol. The van der Waals surface area contributed by atoms with E-state index in [-0.39, 0.29) is 11.9 Å². The molecule has 0 aromatic carbocycles. The van der Waals surface area contributed by atoms with E-state index in [1.54, 1.807) is 0 Å². The zero-order valence-electron chi connectivity index (χ0n) is 7.89. The Labute approximate surface area is 68.9 Å². The summed E-state index contributed by atoms with van der Waals surface area (Å²) in [5, 5.41) is 0. The van der Waals surface area contributed by atoms with Gasteiger partial charge in [0.2, 0.25) is 0 Å². The normalized spacial score (nSPS) is 37.1. The first-order chi connectivity index (χ1) is 5.03. The molecule has 66 valence electrons. The average Bonchev–Trinajstić information content (AvgIpc) is 1.83. The Kier molecular flexibility index (Phi) is 2.55. The van der Waals surface area contributed by atoms with E-state index in [0.29, 0.717) is 6.10 Å². The van der Waals surface area contributed by atoms with Gasteiger partial charge in [0.15, 0.2) is 6.29 Å². The molecule has 2 nitrogen and oxygen atoms in total. The largest absolute Gasteiger partial charge is 0.350 e. The van der Waals surface area contributed by atoms with E-state index >= 15 is 0 Å².